The van der Waals surface area contributed by atoms with Crippen molar-refractivity contribution in [3.8, 4) is 22.8 Å². The standard InChI is InChI=1S/C34H41N9O5/c1-18(2)43-31-25(29(35)38-17-39-31)26(40-43)27-24(28(48-41-27)20-3-4-20)30-36-15-22(16-37-30)19-5-7-42(8-6-19)33(44)47-23-13-34(14-23)11-21(12-34)32-45-9-10-46-32/h15-21,23,32H,3-14H2,1-2H3,(H2,35,38,39). The summed E-state index contributed by atoms with van der Waals surface area (Å²) in [5.74, 6) is 2.68. The minimum Gasteiger partial charge on any atom is -0.446 e. The molecule has 1 amide bonds. The smallest absolute Gasteiger partial charge is 0.410 e. The molecule has 5 aliphatic rings. The maximum Gasteiger partial charge on any atom is 0.410 e. The Morgan fingerprint density at radius 2 is 1.69 bits per heavy atom. The van der Waals surface area contributed by atoms with Gasteiger partial charge in [-0.15, -0.1) is 0 Å². The van der Waals surface area contributed by atoms with Gasteiger partial charge in [0.2, 0.25) is 0 Å². The molecule has 3 aliphatic carbocycles. The van der Waals surface area contributed by atoms with Crippen molar-refractivity contribution in [2.24, 2.45) is 11.3 Å². The van der Waals surface area contributed by atoms with E-state index in [4.69, 9.17) is 39.5 Å². The number of nitrogens with zero attached hydrogens (tertiary/aromatic N) is 8. The zero-order chi connectivity index (χ0) is 32.6. The summed E-state index contributed by atoms with van der Waals surface area (Å²) in [6.45, 7) is 6.78. The van der Waals surface area contributed by atoms with Crippen molar-refractivity contribution in [2.75, 3.05) is 32.0 Å². The van der Waals surface area contributed by atoms with Gasteiger partial charge in [0, 0.05) is 43.4 Å². The first kappa shape index (κ1) is 29.9. The van der Waals surface area contributed by atoms with E-state index in [1.807, 2.05) is 35.8 Å². The van der Waals surface area contributed by atoms with Crippen LogP contribution in [-0.4, -0.2) is 84.6 Å². The van der Waals surface area contributed by atoms with E-state index in [1.54, 1.807) is 0 Å². The Hall–Kier alpha value is -4.17. The lowest BCUT2D eigenvalue weighted by atomic mass is 9.50. The fourth-order valence-corrected chi connectivity index (χ4v) is 8.33. The molecule has 0 unspecified atom stereocenters. The Bertz CT molecular complexity index is 1820. The van der Waals surface area contributed by atoms with Crippen molar-refractivity contribution >= 4 is 22.9 Å². The summed E-state index contributed by atoms with van der Waals surface area (Å²) < 4.78 is 25.0. The van der Waals surface area contributed by atoms with Crippen LogP contribution in [0.15, 0.2) is 23.2 Å². The molecule has 14 nitrogen and oxygen atoms in total. The number of likely N-dealkylation sites (tertiary alicyclic amines) is 1. The van der Waals surface area contributed by atoms with E-state index in [0.29, 0.717) is 71.7 Å². The third kappa shape index (κ3) is 5.11. The van der Waals surface area contributed by atoms with Crippen molar-refractivity contribution in [1.82, 2.24) is 39.8 Å². The van der Waals surface area contributed by atoms with Crippen LogP contribution in [0.5, 0.6) is 0 Å². The van der Waals surface area contributed by atoms with Crippen LogP contribution >= 0.6 is 0 Å². The number of piperidine rings is 1. The van der Waals surface area contributed by atoms with E-state index in [-0.39, 0.29) is 36.4 Å². The molecule has 0 radical (unpaired) electrons. The Labute approximate surface area is 277 Å². The van der Waals surface area contributed by atoms with Gasteiger partial charge < -0.3 is 29.4 Å². The van der Waals surface area contributed by atoms with E-state index in [0.717, 1.165) is 68.3 Å². The number of rotatable bonds is 7. The molecule has 1 spiro atoms. The zero-order valence-corrected chi connectivity index (χ0v) is 27.4. The molecule has 2 aliphatic heterocycles. The van der Waals surface area contributed by atoms with E-state index in [9.17, 15) is 4.79 Å². The molecule has 2 saturated heterocycles. The molecule has 4 aromatic rings. The van der Waals surface area contributed by atoms with Crippen LogP contribution in [0.2, 0.25) is 0 Å². The lowest BCUT2D eigenvalue weighted by molar-refractivity contribution is -0.187. The van der Waals surface area contributed by atoms with Crippen LogP contribution in [0.25, 0.3) is 33.8 Å². The molecule has 9 rings (SSSR count). The molecule has 0 atom stereocenters. The molecule has 4 aromatic heterocycles. The number of anilines is 1. The normalized spacial score (nSPS) is 26.4. The number of ether oxygens (including phenoxy) is 3. The third-order valence-corrected chi connectivity index (χ3v) is 11.0. The van der Waals surface area contributed by atoms with E-state index < -0.39 is 0 Å². The highest BCUT2D eigenvalue weighted by atomic mass is 16.7. The summed E-state index contributed by atoms with van der Waals surface area (Å²) in [5, 5.41) is 10.0. The van der Waals surface area contributed by atoms with E-state index >= 15 is 0 Å². The van der Waals surface area contributed by atoms with Crippen molar-refractivity contribution in [3.63, 3.8) is 0 Å². The number of nitrogen functional groups attached to an aromatic ring is 1. The minimum absolute atomic E-state index is 0.0199. The average Bonchev–Trinajstić information content (AvgIpc) is 3.42. The summed E-state index contributed by atoms with van der Waals surface area (Å²) in [4.78, 5) is 33.2. The van der Waals surface area contributed by atoms with E-state index in [1.165, 1.54) is 6.33 Å². The van der Waals surface area contributed by atoms with Crippen LogP contribution in [0.3, 0.4) is 0 Å². The Kier molecular flexibility index (Phi) is 7.15. The van der Waals surface area contributed by atoms with Gasteiger partial charge in [0.15, 0.2) is 23.5 Å². The number of hydrogen-bond acceptors (Lipinski definition) is 12. The SMILES string of the molecule is CC(C)n1nc(-c2noc(C3CC3)c2-c2ncc(C3CCN(C(=O)OC4CC5(C4)CC(C4OCCO4)C5)CC3)cn2)c2c(N)ncnc21. The van der Waals surface area contributed by atoms with Crippen LogP contribution in [-0.2, 0) is 14.2 Å². The Morgan fingerprint density at radius 1 is 0.958 bits per heavy atom. The fraction of sp³-hybridized carbons (Fsp3) is 0.618. The molecular formula is C34H41N9O5. The fourth-order valence-electron chi connectivity index (χ4n) is 8.33. The van der Waals surface area contributed by atoms with Gasteiger partial charge in [-0.2, -0.15) is 5.10 Å². The lowest BCUT2D eigenvalue weighted by Gasteiger charge is -2.57. The third-order valence-electron chi connectivity index (χ3n) is 11.0. The van der Waals surface area contributed by atoms with Gasteiger partial charge in [-0.1, -0.05) is 5.16 Å². The first-order chi connectivity index (χ1) is 23.4. The van der Waals surface area contributed by atoms with Crippen molar-refractivity contribution in [2.45, 2.75) is 95.5 Å². The molecule has 0 bridgehead atoms. The number of nitrogens with two attached hydrogens (primary N) is 1. The number of aromatic nitrogens is 7. The second-order valence-corrected chi connectivity index (χ2v) is 14.7. The lowest BCUT2D eigenvalue weighted by Crippen LogP contribution is -2.55. The molecule has 2 N–H and O–H groups in total. The van der Waals surface area contributed by atoms with Crippen LogP contribution < -0.4 is 5.73 Å². The maximum absolute atomic E-state index is 13.0. The number of hydrogen-bond donors (Lipinski definition) is 1. The second-order valence-electron chi connectivity index (χ2n) is 14.7. The molecule has 5 fully saturated rings. The molecule has 48 heavy (non-hydrogen) atoms. The predicted molar refractivity (Wildman–Crippen MR) is 173 cm³/mol. The summed E-state index contributed by atoms with van der Waals surface area (Å²) in [7, 11) is 0. The Balaban J connectivity index is 0.859. The molecule has 0 aromatic carbocycles. The van der Waals surface area contributed by atoms with Crippen molar-refractivity contribution in [1.29, 1.82) is 0 Å². The topological polar surface area (TPSA) is 169 Å². The molecule has 14 heteroatoms. The number of carbonyl (C=O) groups excluding carboxylic acids is 1. The predicted octanol–water partition coefficient (Wildman–Crippen LogP) is 5.23. The average molecular weight is 656 g/mol. The van der Waals surface area contributed by atoms with Gasteiger partial charge in [0.05, 0.1) is 24.2 Å². The summed E-state index contributed by atoms with van der Waals surface area (Å²) in [6, 6.07) is 0.0520. The highest BCUT2D eigenvalue weighted by Gasteiger charge is 2.57. The summed E-state index contributed by atoms with van der Waals surface area (Å²) in [5.41, 5.74) is 10.2. The largest absolute Gasteiger partial charge is 0.446 e. The van der Waals surface area contributed by atoms with Gasteiger partial charge in [-0.25, -0.2) is 29.4 Å². The first-order valence-electron chi connectivity index (χ1n) is 17.4. The molecule has 3 saturated carbocycles. The monoisotopic (exact) mass is 655 g/mol. The van der Waals surface area contributed by atoms with Gasteiger partial charge in [0.25, 0.3) is 0 Å². The van der Waals surface area contributed by atoms with Gasteiger partial charge in [-0.3, -0.25) is 0 Å². The van der Waals surface area contributed by atoms with Crippen LogP contribution in [0.4, 0.5) is 10.6 Å². The Morgan fingerprint density at radius 3 is 2.38 bits per heavy atom. The van der Waals surface area contributed by atoms with E-state index in [2.05, 4.69) is 15.1 Å². The number of amides is 1. The number of fused-ring (bicyclic) bond motifs is 1. The molecule has 252 valence electrons. The highest BCUT2D eigenvalue weighted by molar-refractivity contribution is 6.00. The number of carbonyl (C=O) groups is 1. The zero-order valence-electron chi connectivity index (χ0n) is 27.4. The second kappa shape index (κ2) is 11.5. The highest BCUT2D eigenvalue weighted by Crippen LogP contribution is 2.61. The van der Waals surface area contributed by atoms with Crippen LogP contribution in [0.1, 0.15) is 94.4 Å². The quantitative estimate of drug-likeness (QED) is 0.276. The minimum atomic E-state index is -0.190. The molecule has 6 heterocycles. The van der Waals surface area contributed by atoms with Crippen molar-refractivity contribution in [3.05, 3.63) is 30.0 Å². The summed E-state index contributed by atoms with van der Waals surface area (Å²) >= 11 is 0. The van der Waals surface area contributed by atoms with Crippen LogP contribution in [0, 0.1) is 11.3 Å². The van der Waals surface area contributed by atoms with Crippen molar-refractivity contribution < 1.29 is 23.5 Å². The molecular weight excluding hydrogens is 614 g/mol. The summed E-state index contributed by atoms with van der Waals surface area (Å²) in [6.07, 6.45) is 12.9. The van der Waals surface area contributed by atoms with Gasteiger partial charge >= 0.3 is 6.09 Å². The van der Waals surface area contributed by atoms with Gasteiger partial charge in [0.1, 0.15) is 29.6 Å². The first-order valence-corrected chi connectivity index (χ1v) is 17.4. The maximum atomic E-state index is 13.0. The van der Waals surface area contributed by atoms with Gasteiger partial charge in [-0.05, 0) is 82.1 Å².